The third kappa shape index (κ3) is 5.39. The lowest BCUT2D eigenvalue weighted by Crippen LogP contribution is -2.45. The van der Waals surface area contributed by atoms with Crippen molar-refractivity contribution in [2.45, 2.75) is 20.8 Å². The molecule has 3 heterocycles. The summed E-state index contributed by atoms with van der Waals surface area (Å²) in [5, 5.41) is 15.3. The summed E-state index contributed by atoms with van der Waals surface area (Å²) in [5.41, 5.74) is 8.45. The lowest BCUT2D eigenvalue weighted by molar-refractivity contribution is 0.415. The molecule has 0 bridgehead atoms. The Hall–Kier alpha value is -5.25. The number of benzene rings is 3. The molecule has 3 aromatic heterocycles. The van der Waals surface area contributed by atoms with Crippen LogP contribution in [-0.2, 0) is 0 Å². The largest absolute Gasteiger partial charge is 0.569 e. The van der Waals surface area contributed by atoms with Gasteiger partial charge in [0.1, 0.15) is 17.2 Å². The fraction of sp³-hybridized carbons (Fsp3) is 0.182. The molecule has 0 N–H and O–H groups in total. The van der Waals surface area contributed by atoms with Crippen molar-refractivity contribution >= 4 is 7.12 Å². The molecule has 10 heteroatoms. The normalized spacial score (nSPS) is 11.0. The van der Waals surface area contributed by atoms with Gasteiger partial charge in [0.15, 0.2) is 0 Å². The Morgan fingerprint density at radius 3 is 0.930 bits per heavy atom. The fourth-order valence-electron chi connectivity index (χ4n) is 5.18. The topological polar surface area (TPSA) is 81.2 Å². The molecule has 0 saturated heterocycles. The summed E-state index contributed by atoms with van der Waals surface area (Å²) in [6, 6.07) is 30.0. The third-order valence-electron chi connectivity index (χ3n) is 7.58. The number of aryl methyl sites for hydroxylation is 3. The van der Waals surface area contributed by atoms with E-state index in [9.17, 15) is 0 Å². The van der Waals surface area contributed by atoms with Crippen molar-refractivity contribution < 1.29 is 14.2 Å². The molecular formula is C33H33BN6O3. The summed E-state index contributed by atoms with van der Waals surface area (Å²) >= 11 is 0. The van der Waals surface area contributed by atoms with E-state index in [0.29, 0.717) is 0 Å². The van der Waals surface area contributed by atoms with Gasteiger partial charge in [-0.05, 0) is 112 Å². The SMILES string of the molecule is COc1ccc(-c2cc(C)n(B(n3nc(-c4ccc(OC)cc4)cc3C)n3nc(-c4ccc(OC)cc4)cc3C)n2)cc1. The van der Waals surface area contributed by atoms with Crippen molar-refractivity contribution in [3.63, 3.8) is 0 Å². The van der Waals surface area contributed by atoms with Crippen molar-refractivity contribution in [2.75, 3.05) is 21.3 Å². The Bertz CT molecular complexity index is 1640. The molecule has 0 aliphatic carbocycles. The van der Waals surface area contributed by atoms with Gasteiger partial charge in [0.2, 0.25) is 0 Å². The van der Waals surface area contributed by atoms with Crippen LogP contribution in [0.25, 0.3) is 33.8 Å². The number of ether oxygens (including phenoxy) is 3. The van der Waals surface area contributed by atoms with Gasteiger partial charge in [0.05, 0.1) is 38.4 Å². The number of rotatable bonds is 9. The van der Waals surface area contributed by atoms with Crippen LogP contribution in [0.1, 0.15) is 17.1 Å². The summed E-state index contributed by atoms with van der Waals surface area (Å²) in [5.74, 6) is 2.40. The zero-order valence-corrected chi connectivity index (χ0v) is 25.1. The van der Waals surface area contributed by atoms with E-state index in [4.69, 9.17) is 29.5 Å². The molecule has 0 aliphatic heterocycles. The molecule has 216 valence electrons. The lowest BCUT2D eigenvalue weighted by Gasteiger charge is -2.18. The first-order chi connectivity index (χ1) is 20.9. The number of hydrogen-bond acceptors (Lipinski definition) is 6. The van der Waals surface area contributed by atoms with Crippen molar-refractivity contribution in [3.8, 4) is 51.0 Å². The van der Waals surface area contributed by atoms with E-state index in [-0.39, 0.29) is 0 Å². The highest BCUT2D eigenvalue weighted by Gasteiger charge is 2.33. The van der Waals surface area contributed by atoms with E-state index in [1.807, 2.05) is 86.6 Å². The third-order valence-corrected chi connectivity index (χ3v) is 7.58. The molecule has 0 spiro atoms. The molecule has 43 heavy (non-hydrogen) atoms. The number of nitrogens with zero attached hydrogens (tertiary/aromatic N) is 6. The summed E-state index contributed by atoms with van der Waals surface area (Å²) in [4.78, 5) is 0. The van der Waals surface area contributed by atoms with Crippen molar-refractivity contribution in [3.05, 3.63) is 108 Å². The number of methoxy groups -OCH3 is 3. The van der Waals surface area contributed by atoms with Crippen LogP contribution < -0.4 is 14.2 Å². The Balaban J connectivity index is 1.48. The molecule has 9 nitrogen and oxygen atoms in total. The predicted molar refractivity (Wildman–Crippen MR) is 169 cm³/mol. The standard InChI is InChI=1S/C33H33BN6O3/c1-22-19-31(25-7-13-28(41-4)14-8-25)35-38(22)34(39-23(2)20-32(36-39)26-9-15-29(42-5)16-10-26)40-24(3)21-33(37-40)27-11-17-30(43-6)18-12-27/h7-21H,1-6H3. The summed E-state index contributed by atoms with van der Waals surface area (Å²) in [6.45, 7) is 6.17. The first kappa shape index (κ1) is 27.9. The van der Waals surface area contributed by atoms with Crippen LogP contribution in [0.2, 0.25) is 0 Å². The van der Waals surface area contributed by atoms with Crippen LogP contribution >= 0.6 is 0 Å². The Morgan fingerprint density at radius 1 is 0.442 bits per heavy atom. The van der Waals surface area contributed by atoms with Gasteiger partial charge < -0.3 is 14.2 Å². The average molecular weight is 572 g/mol. The van der Waals surface area contributed by atoms with Gasteiger partial charge in [-0.25, -0.2) is 0 Å². The maximum absolute atomic E-state index is 5.35. The Labute approximate surface area is 251 Å². The first-order valence-corrected chi connectivity index (χ1v) is 14.0. The van der Waals surface area contributed by atoms with Gasteiger partial charge in [0.25, 0.3) is 0 Å². The number of aromatic nitrogens is 6. The minimum atomic E-state index is -0.494. The molecule has 0 amide bonds. The highest BCUT2D eigenvalue weighted by molar-refractivity contribution is 6.53. The lowest BCUT2D eigenvalue weighted by atomic mass is 9.93. The van der Waals surface area contributed by atoms with Crippen LogP contribution in [0.3, 0.4) is 0 Å². The second-order valence-electron chi connectivity index (χ2n) is 10.4. The minimum absolute atomic E-state index is 0.494. The van der Waals surface area contributed by atoms with Crippen LogP contribution in [0.15, 0.2) is 91.0 Å². The van der Waals surface area contributed by atoms with Crippen LogP contribution in [0.4, 0.5) is 0 Å². The smallest absolute Gasteiger partial charge is 0.497 e. The second kappa shape index (κ2) is 11.6. The van der Waals surface area contributed by atoms with Crippen molar-refractivity contribution in [1.29, 1.82) is 0 Å². The average Bonchev–Trinajstić information content (AvgIpc) is 3.74. The van der Waals surface area contributed by atoms with Gasteiger partial charge in [-0.15, -0.1) is 0 Å². The van der Waals surface area contributed by atoms with E-state index in [1.54, 1.807) is 21.3 Å². The first-order valence-electron chi connectivity index (χ1n) is 14.0. The summed E-state index contributed by atoms with van der Waals surface area (Å²) in [6.07, 6.45) is 0. The van der Waals surface area contributed by atoms with Crippen LogP contribution in [-0.4, -0.2) is 57.5 Å². The minimum Gasteiger partial charge on any atom is -0.497 e. The highest BCUT2D eigenvalue weighted by Crippen LogP contribution is 2.27. The maximum atomic E-state index is 5.35. The van der Waals surface area contributed by atoms with Crippen LogP contribution in [0.5, 0.6) is 17.2 Å². The zero-order chi connectivity index (χ0) is 30.1. The zero-order valence-electron chi connectivity index (χ0n) is 25.1. The molecule has 0 fully saturated rings. The molecule has 3 aromatic carbocycles. The Kier molecular flexibility index (Phi) is 7.50. The quantitative estimate of drug-likeness (QED) is 0.193. The van der Waals surface area contributed by atoms with E-state index >= 15 is 0 Å². The van der Waals surface area contributed by atoms with Gasteiger partial charge in [0, 0.05) is 33.8 Å². The molecule has 0 saturated carbocycles. The monoisotopic (exact) mass is 572 g/mol. The van der Waals surface area contributed by atoms with E-state index in [0.717, 1.165) is 68.1 Å². The summed E-state index contributed by atoms with van der Waals surface area (Å²) < 4.78 is 22.0. The van der Waals surface area contributed by atoms with Crippen molar-refractivity contribution in [2.24, 2.45) is 0 Å². The number of hydrogen-bond donors (Lipinski definition) is 0. The summed E-state index contributed by atoms with van der Waals surface area (Å²) in [7, 11) is 4.50. The molecule has 0 unspecified atom stereocenters. The highest BCUT2D eigenvalue weighted by atomic mass is 16.5. The van der Waals surface area contributed by atoms with E-state index in [1.165, 1.54) is 0 Å². The van der Waals surface area contributed by atoms with Crippen LogP contribution in [0, 0.1) is 20.8 Å². The molecule has 0 aliphatic rings. The molecular weight excluding hydrogens is 539 g/mol. The molecule has 0 atom stereocenters. The van der Waals surface area contributed by atoms with Gasteiger partial charge >= 0.3 is 7.12 Å². The maximum Gasteiger partial charge on any atom is 0.569 e. The second-order valence-corrected chi connectivity index (χ2v) is 10.4. The molecule has 0 radical (unpaired) electrons. The molecule has 6 aromatic rings. The van der Waals surface area contributed by atoms with Crippen molar-refractivity contribution in [1.82, 2.24) is 29.1 Å². The van der Waals surface area contributed by atoms with Gasteiger partial charge in [-0.1, -0.05) is 0 Å². The Morgan fingerprint density at radius 2 is 0.698 bits per heavy atom. The predicted octanol–water partition coefficient (Wildman–Crippen LogP) is 6.16. The van der Waals surface area contributed by atoms with E-state index in [2.05, 4.69) is 39.0 Å². The van der Waals surface area contributed by atoms with Gasteiger partial charge in [-0.2, -0.15) is 15.3 Å². The van der Waals surface area contributed by atoms with E-state index < -0.39 is 7.12 Å². The molecule has 6 rings (SSSR count). The fourth-order valence-corrected chi connectivity index (χ4v) is 5.18. The van der Waals surface area contributed by atoms with Gasteiger partial charge in [-0.3, -0.25) is 13.8 Å².